The van der Waals surface area contributed by atoms with Gasteiger partial charge in [-0.3, -0.25) is 0 Å². The second-order valence-electron chi connectivity index (χ2n) is 4.88. The number of hydrogen-bond acceptors (Lipinski definition) is 2. The summed E-state index contributed by atoms with van der Waals surface area (Å²) in [7, 11) is 1.54. The maximum Gasteiger partial charge on any atom is 0.416 e. The highest BCUT2D eigenvalue weighted by Crippen LogP contribution is 2.35. The molecule has 3 rings (SSSR count). The molecule has 23 heavy (non-hydrogen) atoms. The Morgan fingerprint density at radius 3 is 2.30 bits per heavy atom. The summed E-state index contributed by atoms with van der Waals surface area (Å²) in [6.07, 6.45) is -0.966. The van der Waals surface area contributed by atoms with Crippen molar-refractivity contribution in [2.75, 3.05) is 7.11 Å². The van der Waals surface area contributed by atoms with E-state index in [1.165, 1.54) is 12.1 Å². The number of halogens is 3. The molecule has 0 N–H and O–H groups in total. The van der Waals surface area contributed by atoms with Gasteiger partial charge in [-0.2, -0.15) is 18.3 Å². The second kappa shape index (κ2) is 5.79. The molecular weight excluding hydrogens is 305 g/mol. The van der Waals surface area contributed by atoms with Gasteiger partial charge >= 0.3 is 6.18 Å². The molecule has 3 aromatic rings. The summed E-state index contributed by atoms with van der Waals surface area (Å²) in [6.45, 7) is 0. The van der Waals surface area contributed by atoms with E-state index in [1.54, 1.807) is 42.4 Å². The fourth-order valence-electron chi connectivity index (χ4n) is 2.40. The van der Waals surface area contributed by atoms with Crippen molar-refractivity contribution in [3.8, 4) is 22.6 Å². The first kappa shape index (κ1) is 15.1. The lowest BCUT2D eigenvalue weighted by Crippen LogP contribution is -2.04. The van der Waals surface area contributed by atoms with Gasteiger partial charge in [0.2, 0.25) is 0 Å². The van der Waals surface area contributed by atoms with Gasteiger partial charge in [0, 0.05) is 18.0 Å². The molecule has 118 valence electrons. The van der Waals surface area contributed by atoms with Crippen LogP contribution in [0.4, 0.5) is 13.2 Å². The topological polar surface area (TPSA) is 27.1 Å². The molecule has 6 heteroatoms. The predicted molar refractivity (Wildman–Crippen MR) is 80.6 cm³/mol. The molecule has 0 saturated carbocycles. The Labute approximate surface area is 130 Å². The van der Waals surface area contributed by atoms with Crippen LogP contribution in [0.3, 0.4) is 0 Å². The maximum atomic E-state index is 12.7. The van der Waals surface area contributed by atoms with Gasteiger partial charge < -0.3 is 4.74 Å². The third-order valence-electron chi connectivity index (χ3n) is 3.48. The third-order valence-corrected chi connectivity index (χ3v) is 3.48. The standard InChI is InChI=1S/C17H13F3N2O/c1-23-15-5-2-4-14(16(15)22-11-3-10-21-22)12-6-8-13(9-7-12)17(18,19)20/h2-11H,1H3. The largest absolute Gasteiger partial charge is 0.494 e. The average molecular weight is 318 g/mol. The van der Waals surface area contributed by atoms with Crippen molar-refractivity contribution >= 4 is 0 Å². The highest BCUT2D eigenvalue weighted by Gasteiger charge is 2.30. The van der Waals surface area contributed by atoms with E-state index in [9.17, 15) is 13.2 Å². The van der Waals surface area contributed by atoms with Crippen LogP contribution < -0.4 is 4.74 Å². The van der Waals surface area contributed by atoms with Crippen LogP contribution in [0.1, 0.15) is 5.56 Å². The Morgan fingerprint density at radius 1 is 1.00 bits per heavy atom. The Hall–Kier alpha value is -2.76. The molecule has 2 aromatic carbocycles. The summed E-state index contributed by atoms with van der Waals surface area (Å²) in [4.78, 5) is 0. The number of methoxy groups -OCH3 is 1. The smallest absolute Gasteiger partial charge is 0.416 e. The van der Waals surface area contributed by atoms with Gasteiger partial charge in [0.25, 0.3) is 0 Å². The summed E-state index contributed by atoms with van der Waals surface area (Å²) >= 11 is 0. The monoisotopic (exact) mass is 318 g/mol. The zero-order valence-electron chi connectivity index (χ0n) is 12.2. The van der Waals surface area contributed by atoms with Crippen LogP contribution in [-0.2, 0) is 6.18 Å². The molecule has 0 saturated heterocycles. The SMILES string of the molecule is COc1cccc(-c2ccc(C(F)(F)F)cc2)c1-n1cccn1. The van der Waals surface area contributed by atoms with Crippen molar-refractivity contribution in [3.05, 3.63) is 66.5 Å². The van der Waals surface area contributed by atoms with Crippen molar-refractivity contribution in [2.45, 2.75) is 6.18 Å². The number of para-hydroxylation sites is 1. The maximum absolute atomic E-state index is 12.7. The third kappa shape index (κ3) is 2.92. The Bertz CT molecular complexity index is 794. The molecule has 0 atom stereocenters. The quantitative estimate of drug-likeness (QED) is 0.707. The van der Waals surface area contributed by atoms with E-state index in [0.29, 0.717) is 17.0 Å². The number of alkyl halides is 3. The van der Waals surface area contributed by atoms with Gasteiger partial charge in [-0.05, 0) is 29.8 Å². The van der Waals surface area contributed by atoms with Gasteiger partial charge in [0.15, 0.2) is 0 Å². The van der Waals surface area contributed by atoms with Crippen molar-refractivity contribution in [2.24, 2.45) is 0 Å². The number of nitrogens with zero attached hydrogens (tertiary/aromatic N) is 2. The molecule has 3 nitrogen and oxygen atoms in total. The van der Waals surface area contributed by atoms with Crippen LogP contribution in [0.15, 0.2) is 60.9 Å². The molecule has 0 fully saturated rings. The van der Waals surface area contributed by atoms with Gasteiger partial charge in [-0.15, -0.1) is 0 Å². The normalized spacial score (nSPS) is 11.5. The summed E-state index contributed by atoms with van der Waals surface area (Å²) in [5.74, 6) is 0.589. The van der Waals surface area contributed by atoms with Crippen molar-refractivity contribution in [1.29, 1.82) is 0 Å². The second-order valence-corrected chi connectivity index (χ2v) is 4.88. The van der Waals surface area contributed by atoms with E-state index in [2.05, 4.69) is 5.10 Å². The molecule has 0 aliphatic heterocycles. The Balaban J connectivity index is 2.13. The molecule has 0 spiro atoms. The number of rotatable bonds is 3. The molecule has 0 aliphatic carbocycles. The summed E-state index contributed by atoms with van der Waals surface area (Å²) < 4.78 is 45.1. The van der Waals surface area contributed by atoms with Crippen LogP contribution in [0, 0.1) is 0 Å². The number of hydrogen-bond donors (Lipinski definition) is 0. The number of ether oxygens (including phenoxy) is 1. The molecule has 0 amide bonds. The van der Waals surface area contributed by atoms with E-state index in [4.69, 9.17) is 4.74 Å². The predicted octanol–water partition coefficient (Wildman–Crippen LogP) is 4.57. The van der Waals surface area contributed by atoms with Crippen LogP contribution in [0.5, 0.6) is 5.75 Å². The van der Waals surface area contributed by atoms with Crippen LogP contribution in [-0.4, -0.2) is 16.9 Å². The molecule has 0 radical (unpaired) electrons. The minimum absolute atomic E-state index is 0.589. The molecule has 1 aromatic heterocycles. The lowest BCUT2D eigenvalue weighted by Gasteiger charge is -2.15. The zero-order chi connectivity index (χ0) is 16.4. The van der Waals surface area contributed by atoms with Gasteiger partial charge in [-0.25, -0.2) is 4.68 Å². The van der Waals surface area contributed by atoms with Crippen molar-refractivity contribution < 1.29 is 17.9 Å². The molecule has 0 aliphatic rings. The fourth-order valence-corrected chi connectivity index (χ4v) is 2.40. The van der Waals surface area contributed by atoms with E-state index >= 15 is 0 Å². The van der Waals surface area contributed by atoms with Crippen molar-refractivity contribution in [1.82, 2.24) is 9.78 Å². The first-order chi connectivity index (χ1) is 11.0. The lowest BCUT2D eigenvalue weighted by molar-refractivity contribution is -0.137. The van der Waals surface area contributed by atoms with Crippen LogP contribution in [0.25, 0.3) is 16.8 Å². The van der Waals surface area contributed by atoms with Crippen molar-refractivity contribution in [3.63, 3.8) is 0 Å². The number of aromatic nitrogens is 2. The van der Waals surface area contributed by atoms with Crippen LogP contribution >= 0.6 is 0 Å². The molecule has 0 bridgehead atoms. The first-order valence-corrected chi connectivity index (χ1v) is 6.85. The minimum atomic E-state index is -4.35. The summed E-state index contributed by atoms with van der Waals surface area (Å²) in [5, 5.41) is 4.19. The Morgan fingerprint density at radius 2 is 1.74 bits per heavy atom. The molecule has 0 unspecified atom stereocenters. The van der Waals surface area contributed by atoms with Crippen LogP contribution in [0.2, 0.25) is 0 Å². The van der Waals surface area contributed by atoms with Gasteiger partial charge in [0.1, 0.15) is 11.4 Å². The highest BCUT2D eigenvalue weighted by atomic mass is 19.4. The van der Waals surface area contributed by atoms with E-state index in [-0.39, 0.29) is 0 Å². The number of benzene rings is 2. The molecular formula is C17H13F3N2O. The zero-order valence-corrected chi connectivity index (χ0v) is 12.2. The van der Waals surface area contributed by atoms with Gasteiger partial charge in [-0.1, -0.05) is 24.3 Å². The summed E-state index contributed by atoms with van der Waals surface area (Å²) in [5.41, 5.74) is 1.40. The van der Waals surface area contributed by atoms with E-state index in [0.717, 1.165) is 17.7 Å². The highest BCUT2D eigenvalue weighted by molar-refractivity contribution is 5.76. The average Bonchev–Trinajstić information content (AvgIpc) is 3.07. The van der Waals surface area contributed by atoms with E-state index < -0.39 is 11.7 Å². The fraction of sp³-hybridized carbons (Fsp3) is 0.118. The van der Waals surface area contributed by atoms with Gasteiger partial charge in [0.05, 0.1) is 12.7 Å². The molecule has 1 heterocycles. The van der Waals surface area contributed by atoms with E-state index in [1.807, 2.05) is 6.07 Å². The minimum Gasteiger partial charge on any atom is -0.494 e. The Kier molecular flexibility index (Phi) is 3.82. The lowest BCUT2D eigenvalue weighted by atomic mass is 10.0. The summed E-state index contributed by atoms with van der Waals surface area (Å²) in [6, 6.07) is 12.2. The first-order valence-electron chi connectivity index (χ1n) is 6.85.